The Kier molecular flexibility index (Phi) is 3.76. The van der Waals surface area contributed by atoms with Crippen molar-refractivity contribution in [2.75, 3.05) is 6.79 Å². The van der Waals surface area contributed by atoms with E-state index in [-0.39, 0.29) is 12.8 Å². The largest absolute Gasteiger partial charge is 0.454 e. The lowest BCUT2D eigenvalue weighted by atomic mass is 10.1. The quantitative estimate of drug-likeness (QED) is 0.938. The normalized spacial score (nSPS) is 14.3. The van der Waals surface area contributed by atoms with E-state index in [0.717, 1.165) is 5.56 Å². The number of nitrogens with zero attached hydrogens (tertiary/aromatic N) is 1. The summed E-state index contributed by atoms with van der Waals surface area (Å²) in [7, 11) is 0. The Balaban J connectivity index is 1.68. The Hall–Kier alpha value is -1.78. The second kappa shape index (κ2) is 5.69. The van der Waals surface area contributed by atoms with Crippen molar-refractivity contribution in [3.8, 4) is 11.5 Å². The second-order valence-electron chi connectivity index (χ2n) is 4.69. The van der Waals surface area contributed by atoms with Crippen LogP contribution in [-0.4, -0.2) is 11.8 Å². The van der Waals surface area contributed by atoms with Crippen LogP contribution in [0.3, 0.4) is 0 Å². The predicted molar refractivity (Wildman–Crippen MR) is 77.1 cm³/mol. The lowest BCUT2D eigenvalue weighted by molar-refractivity contribution is 0.174. The van der Waals surface area contributed by atoms with E-state index in [4.69, 9.17) is 21.1 Å². The molecule has 0 aliphatic carbocycles. The minimum atomic E-state index is 0.235. The van der Waals surface area contributed by atoms with Gasteiger partial charge in [-0.3, -0.25) is 4.98 Å². The summed E-state index contributed by atoms with van der Waals surface area (Å²) >= 11 is 6.17. The number of nitrogens with one attached hydrogen (secondary N) is 1. The third kappa shape index (κ3) is 2.71. The van der Waals surface area contributed by atoms with Crippen molar-refractivity contribution >= 4 is 11.6 Å². The van der Waals surface area contributed by atoms with Crippen LogP contribution in [0.2, 0.25) is 5.02 Å². The van der Waals surface area contributed by atoms with Crippen molar-refractivity contribution < 1.29 is 9.47 Å². The van der Waals surface area contributed by atoms with E-state index in [0.29, 0.717) is 23.1 Å². The van der Waals surface area contributed by atoms with E-state index in [2.05, 4.69) is 17.2 Å². The molecule has 0 saturated carbocycles. The number of ether oxygens (including phenoxy) is 2. The number of rotatable bonds is 4. The zero-order valence-corrected chi connectivity index (χ0v) is 11.9. The summed E-state index contributed by atoms with van der Waals surface area (Å²) in [6, 6.07) is 8.11. The van der Waals surface area contributed by atoms with Gasteiger partial charge in [0.15, 0.2) is 11.5 Å². The number of fused-ring (bicyclic) bond motifs is 1. The van der Waals surface area contributed by atoms with Crippen molar-refractivity contribution in [2.45, 2.75) is 19.5 Å². The van der Waals surface area contributed by atoms with Crippen LogP contribution < -0.4 is 14.8 Å². The van der Waals surface area contributed by atoms with Gasteiger partial charge in [-0.25, -0.2) is 0 Å². The van der Waals surface area contributed by atoms with Crippen LogP contribution in [0.5, 0.6) is 11.5 Å². The van der Waals surface area contributed by atoms with E-state index in [1.54, 1.807) is 12.4 Å². The molecule has 0 amide bonds. The molecule has 0 saturated heterocycles. The van der Waals surface area contributed by atoms with Crippen molar-refractivity contribution in [3.05, 3.63) is 52.8 Å². The first-order valence-electron chi connectivity index (χ1n) is 6.45. The highest BCUT2D eigenvalue weighted by Gasteiger charge is 2.18. The highest BCUT2D eigenvalue weighted by molar-refractivity contribution is 6.32. The number of benzene rings is 1. The Bertz CT molecular complexity index is 604. The number of pyridine rings is 1. The van der Waals surface area contributed by atoms with Gasteiger partial charge in [0.25, 0.3) is 0 Å². The molecule has 1 aromatic carbocycles. The molecular weight excluding hydrogens is 276 g/mol. The molecule has 20 heavy (non-hydrogen) atoms. The summed E-state index contributed by atoms with van der Waals surface area (Å²) in [6.45, 7) is 3.06. The fourth-order valence-corrected chi connectivity index (χ4v) is 2.45. The van der Waals surface area contributed by atoms with Gasteiger partial charge in [-0.15, -0.1) is 0 Å². The van der Waals surface area contributed by atoms with Crippen LogP contribution in [0.4, 0.5) is 0 Å². The molecule has 0 spiro atoms. The Morgan fingerprint density at radius 3 is 2.90 bits per heavy atom. The minimum absolute atomic E-state index is 0.235. The van der Waals surface area contributed by atoms with Gasteiger partial charge in [0, 0.05) is 25.0 Å². The zero-order valence-electron chi connectivity index (χ0n) is 11.1. The van der Waals surface area contributed by atoms with E-state index in [1.165, 1.54) is 5.56 Å². The molecule has 1 aromatic heterocycles. The number of halogens is 1. The van der Waals surface area contributed by atoms with Crippen LogP contribution in [0.1, 0.15) is 24.1 Å². The minimum Gasteiger partial charge on any atom is -0.454 e. The van der Waals surface area contributed by atoms with E-state index in [1.807, 2.05) is 24.3 Å². The van der Waals surface area contributed by atoms with E-state index in [9.17, 15) is 0 Å². The van der Waals surface area contributed by atoms with Crippen LogP contribution in [0, 0.1) is 0 Å². The summed E-state index contributed by atoms with van der Waals surface area (Å²) in [6.07, 6.45) is 3.59. The van der Waals surface area contributed by atoms with Gasteiger partial charge >= 0.3 is 0 Å². The first-order valence-corrected chi connectivity index (χ1v) is 6.83. The standard InChI is InChI=1S/C15H15ClN2O2/c1-10(12-2-4-17-5-3-12)18-8-11-6-13(16)15-14(7-11)19-9-20-15/h2-7,10,18H,8-9H2,1H3/t10-/m0/s1. The van der Waals surface area contributed by atoms with Gasteiger partial charge in [-0.1, -0.05) is 11.6 Å². The van der Waals surface area contributed by atoms with Crippen LogP contribution >= 0.6 is 11.6 Å². The van der Waals surface area contributed by atoms with Gasteiger partial charge in [0.05, 0.1) is 5.02 Å². The van der Waals surface area contributed by atoms with Crippen molar-refractivity contribution in [1.29, 1.82) is 0 Å². The molecule has 1 aliphatic heterocycles. The SMILES string of the molecule is C[C@H](NCc1cc(Cl)c2c(c1)OCO2)c1ccncc1. The number of hydrogen-bond acceptors (Lipinski definition) is 4. The van der Waals surface area contributed by atoms with Gasteiger partial charge in [-0.2, -0.15) is 0 Å². The lowest BCUT2D eigenvalue weighted by Gasteiger charge is -2.14. The smallest absolute Gasteiger partial charge is 0.231 e. The van der Waals surface area contributed by atoms with Crippen molar-refractivity contribution in [2.24, 2.45) is 0 Å². The Morgan fingerprint density at radius 1 is 1.30 bits per heavy atom. The molecule has 104 valence electrons. The molecule has 4 nitrogen and oxygen atoms in total. The molecule has 2 heterocycles. The molecule has 0 fully saturated rings. The highest BCUT2D eigenvalue weighted by Crippen LogP contribution is 2.39. The summed E-state index contributed by atoms with van der Waals surface area (Å²) in [5, 5.41) is 4.04. The lowest BCUT2D eigenvalue weighted by Crippen LogP contribution is -2.18. The molecule has 0 unspecified atom stereocenters. The fraction of sp³-hybridized carbons (Fsp3) is 0.267. The molecule has 5 heteroatoms. The van der Waals surface area contributed by atoms with Gasteiger partial charge in [0.1, 0.15) is 0 Å². The summed E-state index contributed by atoms with van der Waals surface area (Å²) in [5.41, 5.74) is 2.27. The first kappa shape index (κ1) is 13.2. The van der Waals surface area contributed by atoms with Crippen LogP contribution in [-0.2, 0) is 6.54 Å². The first-order chi connectivity index (χ1) is 9.74. The molecule has 1 aliphatic rings. The summed E-state index contributed by atoms with van der Waals surface area (Å²) in [5.74, 6) is 1.35. The Morgan fingerprint density at radius 2 is 2.10 bits per heavy atom. The molecule has 0 bridgehead atoms. The highest BCUT2D eigenvalue weighted by atomic mass is 35.5. The van der Waals surface area contributed by atoms with Crippen molar-refractivity contribution in [1.82, 2.24) is 10.3 Å². The maximum atomic E-state index is 6.17. The van der Waals surface area contributed by atoms with E-state index >= 15 is 0 Å². The average Bonchev–Trinajstić information content (AvgIpc) is 2.94. The summed E-state index contributed by atoms with van der Waals surface area (Å²) < 4.78 is 10.7. The van der Waals surface area contributed by atoms with E-state index < -0.39 is 0 Å². The molecule has 2 aromatic rings. The topological polar surface area (TPSA) is 43.4 Å². The monoisotopic (exact) mass is 290 g/mol. The Labute approximate surface area is 122 Å². The number of aromatic nitrogens is 1. The van der Waals surface area contributed by atoms with Gasteiger partial charge in [-0.05, 0) is 42.3 Å². The van der Waals surface area contributed by atoms with Crippen LogP contribution in [0.15, 0.2) is 36.7 Å². The molecule has 1 atom stereocenters. The van der Waals surface area contributed by atoms with Crippen LogP contribution in [0.25, 0.3) is 0 Å². The maximum absolute atomic E-state index is 6.17. The van der Waals surface area contributed by atoms with Gasteiger partial charge < -0.3 is 14.8 Å². The molecule has 0 radical (unpaired) electrons. The summed E-state index contributed by atoms with van der Waals surface area (Å²) in [4.78, 5) is 4.02. The fourth-order valence-electron chi connectivity index (χ4n) is 2.16. The zero-order chi connectivity index (χ0) is 13.9. The third-order valence-electron chi connectivity index (χ3n) is 3.31. The molecule has 3 rings (SSSR count). The molecular formula is C15H15ClN2O2. The second-order valence-corrected chi connectivity index (χ2v) is 5.10. The molecule has 1 N–H and O–H groups in total. The predicted octanol–water partition coefficient (Wildman–Crippen LogP) is 3.31. The maximum Gasteiger partial charge on any atom is 0.231 e. The van der Waals surface area contributed by atoms with Crippen molar-refractivity contribution in [3.63, 3.8) is 0 Å². The third-order valence-corrected chi connectivity index (χ3v) is 3.59. The van der Waals surface area contributed by atoms with Gasteiger partial charge in [0.2, 0.25) is 6.79 Å². The number of hydrogen-bond donors (Lipinski definition) is 1. The average molecular weight is 291 g/mol.